The van der Waals surface area contributed by atoms with E-state index < -0.39 is 22.2 Å². The minimum Gasteiger partial charge on any atom is -0.468 e. The van der Waals surface area contributed by atoms with Crippen molar-refractivity contribution in [2.75, 3.05) is 25.7 Å². The van der Waals surface area contributed by atoms with Crippen molar-refractivity contribution >= 4 is 40.9 Å². The summed E-state index contributed by atoms with van der Waals surface area (Å²) in [7, 11) is 2.76. The monoisotopic (exact) mass is 533 g/mol. The number of ether oxygens (including phenoxy) is 2. The first kappa shape index (κ1) is 27.5. The highest BCUT2D eigenvalue weighted by Gasteiger charge is 2.72. The van der Waals surface area contributed by atoms with Crippen LogP contribution in [-0.4, -0.2) is 48.3 Å². The van der Waals surface area contributed by atoms with Gasteiger partial charge in [0, 0.05) is 17.9 Å². The molecule has 0 N–H and O–H groups in total. The third kappa shape index (κ3) is 4.02. The van der Waals surface area contributed by atoms with Crippen molar-refractivity contribution in [2.45, 2.75) is 46.4 Å². The molecule has 0 unspecified atom stereocenters. The smallest absolute Gasteiger partial charge is 0.335 e. The van der Waals surface area contributed by atoms with Gasteiger partial charge in [-0.15, -0.1) is 0 Å². The van der Waals surface area contributed by atoms with Crippen LogP contribution in [0.25, 0.3) is 0 Å². The van der Waals surface area contributed by atoms with Gasteiger partial charge in [-0.2, -0.15) is 0 Å². The van der Waals surface area contributed by atoms with Gasteiger partial charge in [-0.05, 0) is 71.2 Å². The highest BCUT2D eigenvalue weighted by molar-refractivity contribution is 8.04. The van der Waals surface area contributed by atoms with Gasteiger partial charge in [0.1, 0.15) is 5.84 Å². The Morgan fingerprint density at radius 1 is 0.947 bits per heavy atom. The van der Waals surface area contributed by atoms with Gasteiger partial charge < -0.3 is 14.4 Å². The van der Waals surface area contributed by atoms with E-state index in [0.29, 0.717) is 29.3 Å². The number of aliphatic imine (C=N–C) groups is 1. The molecule has 2 aromatic carbocycles. The number of allylic oxidation sites excluding steroid dienone is 1. The zero-order chi connectivity index (χ0) is 27.8. The number of aryl methyl sites for hydroxylation is 2. The molecule has 0 aliphatic carbocycles. The van der Waals surface area contributed by atoms with Crippen molar-refractivity contribution in [3.05, 3.63) is 82.0 Å². The third-order valence-corrected chi connectivity index (χ3v) is 9.03. The number of benzene rings is 2. The van der Waals surface area contributed by atoms with E-state index in [1.807, 2.05) is 93.5 Å². The number of carbonyl (C=O) groups is 2. The molecule has 0 radical (unpaired) electrons. The van der Waals surface area contributed by atoms with Crippen LogP contribution in [-0.2, 0) is 19.1 Å². The van der Waals surface area contributed by atoms with Crippen molar-refractivity contribution < 1.29 is 19.1 Å². The predicted molar refractivity (Wildman–Crippen MR) is 153 cm³/mol. The average Bonchev–Trinajstić information content (AvgIpc) is 3.37. The van der Waals surface area contributed by atoms with E-state index in [1.165, 1.54) is 26.0 Å². The molecule has 0 amide bonds. The molecule has 2 aliphatic rings. The maximum absolute atomic E-state index is 14.0. The van der Waals surface area contributed by atoms with Crippen LogP contribution in [0, 0.1) is 19.3 Å². The molecule has 7 nitrogen and oxygen atoms in total. The molecule has 2 atom stereocenters. The Balaban J connectivity index is 2.19. The number of nitrogens with zero attached hydrogens (tertiary/aromatic N) is 3. The molecule has 0 saturated carbocycles. The van der Waals surface area contributed by atoms with E-state index in [2.05, 4.69) is 4.90 Å². The average molecular weight is 534 g/mol. The maximum atomic E-state index is 14.0. The fraction of sp³-hybridized carbons (Fsp3) is 0.367. The molecule has 8 heteroatoms. The summed E-state index contributed by atoms with van der Waals surface area (Å²) in [5.74, 6) is -0.437. The number of rotatable bonds is 5. The van der Waals surface area contributed by atoms with Crippen LogP contribution >= 0.6 is 11.8 Å². The number of hydrogen-bond donors (Lipinski definition) is 0. The Hall–Kier alpha value is -3.52. The summed E-state index contributed by atoms with van der Waals surface area (Å²) in [6.07, 6.45) is 0. The molecular weight excluding hydrogens is 498 g/mol. The summed E-state index contributed by atoms with van der Waals surface area (Å²) in [5.41, 5.74) is 4.38. The van der Waals surface area contributed by atoms with E-state index in [-0.39, 0.29) is 0 Å². The minimum absolute atomic E-state index is 0.395. The molecule has 1 spiro atoms. The number of thioether (sulfide) groups is 1. The molecule has 1 fully saturated rings. The van der Waals surface area contributed by atoms with Crippen LogP contribution in [0.5, 0.6) is 0 Å². The second-order valence-electron chi connectivity index (χ2n) is 9.79. The summed E-state index contributed by atoms with van der Waals surface area (Å²) in [5, 5.41) is 2.04. The van der Waals surface area contributed by atoms with Gasteiger partial charge in [0.2, 0.25) is 0 Å². The molecule has 0 aromatic heterocycles. The highest BCUT2D eigenvalue weighted by atomic mass is 32.2. The van der Waals surface area contributed by atoms with E-state index in [9.17, 15) is 9.59 Å². The van der Waals surface area contributed by atoms with Crippen LogP contribution in [0.1, 0.15) is 38.8 Å². The Morgan fingerprint density at radius 2 is 1.53 bits per heavy atom. The molecule has 2 heterocycles. The lowest BCUT2D eigenvalue weighted by Crippen LogP contribution is -2.58. The van der Waals surface area contributed by atoms with Crippen molar-refractivity contribution in [1.82, 2.24) is 4.90 Å². The largest absolute Gasteiger partial charge is 0.468 e. The van der Waals surface area contributed by atoms with Crippen molar-refractivity contribution in [2.24, 2.45) is 10.4 Å². The number of hydrogen-bond acceptors (Lipinski definition) is 7. The minimum atomic E-state index is -1.31. The summed E-state index contributed by atoms with van der Waals surface area (Å²) in [6, 6.07) is 15.8. The topological polar surface area (TPSA) is 71.4 Å². The van der Waals surface area contributed by atoms with E-state index >= 15 is 0 Å². The lowest BCUT2D eigenvalue weighted by Gasteiger charge is -2.45. The molecule has 1 saturated heterocycles. The van der Waals surface area contributed by atoms with Crippen LogP contribution in [0.4, 0.5) is 11.4 Å². The van der Waals surface area contributed by atoms with Crippen LogP contribution in [0.15, 0.2) is 75.9 Å². The summed E-state index contributed by atoms with van der Waals surface area (Å²) in [4.78, 5) is 35.4. The van der Waals surface area contributed by atoms with Crippen LogP contribution in [0.3, 0.4) is 0 Å². The Kier molecular flexibility index (Phi) is 7.48. The van der Waals surface area contributed by atoms with Gasteiger partial charge in [0.05, 0.1) is 31.2 Å². The quantitative estimate of drug-likeness (QED) is 0.339. The number of likely N-dealkylation sites (N-methyl/N-ethyl adjacent to an activating group) is 1. The maximum Gasteiger partial charge on any atom is 0.335 e. The first-order valence-electron chi connectivity index (χ1n) is 12.6. The van der Waals surface area contributed by atoms with Gasteiger partial charge in [-0.3, -0.25) is 9.69 Å². The van der Waals surface area contributed by atoms with E-state index in [1.54, 1.807) is 6.92 Å². The van der Waals surface area contributed by atoms with Crippen molar-refractivity contribution in [1.29, 1.82) is 0 Å². The lowest BCUT2D eigenvalue weighted by molar-refractivity contribution is -0.150. The Morgan fingerprint density at radius 3 is 2.05 bits per heavy atom. The van der Waals surface area contributed by atoms with E-state index in [0.717, 1.165) is 22.5 Å². The fourth-order valence-electron chi connectivity index (χ4n) is 5.41. The Bertz CT molecular complexity index is 1350. The first-order chi connectivity index (χ1) is 18.1. The van der Waals surface area contributed by atoms with Crippen LogP contribution in [0.2, 0.25) is 0 Å². The summed E-state index contributed by atoms with van der Waals surface area (Å²) < 4.78 is 10.7. The van der Waals surface area contributed by atoms with Gasteiger partial charge in [-0.25, -0.2) is 9.79 Å². The first-order valence-corrected chi connectivity index (χ1v) is 13.5. The van der Waals surface area contributed by atoms with Gasteiger partial charge in [0.25, 0.3) is 0 Å². The van der Waals surface area contributed by atoms with Gasteiger partial charge in [0.15, 0.2) is 10.3 Å². The molecule has 200 valence electrons. The summed E-state index contributed by atoms with van der Waals surface area (Å²) >= 11 is 1.50. The van der Waals surface area contributed by atoms with Gasteiger partial charge >= 0.3 is 11.9 Å². The van der Waals surface area contributed by atoms with Crippen molar-refractivity contribution in [3.8, 4) is 0 Å². The van der Waals surface area contributed by atoms with Gasteiger partial charge in [-0.1, -0.05) is 47.2 Å². The lowest BCUT2D eigenvalue weighted by atomic mass is 9.80. The third-order valence-electron chi connectivity index (χ3n) is 7.41. The second-order valence-corrected chi connectivity index (χ2v) is 10.9. The normalized spacial score (nSPS) is 25.2. The number of esters is 2. The molecular formula is C30H35N3O4S. The number of anilines is 1. The molecule has 4 rings (SSSR count). The molecule has 38 heavy (non-hydrogen) atoms. The fourth-order valence-corrected chi connectivity index (χ4v) is 7.05. The van der Waals surface area contributed by atoms with E-state index in [4.69, 9.17) is 14.5 Å². The molecule has 2 aliphatic heterocycles. The standard InChI is InChI=1S/C30H35N3O4S/c1-9-32-21(4)18-38-30(32)25(22(5)26(34)36-7)33(24-16-12-20(3)13-17-24)27(29(30,6)28(35)37-8)31-23-14-10-19(2)11-15-23/h10-18H,9H2,1-8H3/b25-22+,31-27?/t29-,30+/m1/s1. The number of carbonyl (C=O) groups excluding carboxylic acids is 2. The second kappa shape index (κ2) is 10.3. The molecule has 0 bridgehead atoms. The number of methoxy groups -OCH3 is 2. The number of amidine groups is 1. The Labute approximate surface area is 229 Å². The zero-order valence-electron chi connectivity index (χ0n) is 23.3. The SMILES string of the molecule is CCN1C(C)=CS[C@]12/C(=C(/C)C(=O)OC)N(c1ccc(C)cc1)C(=Nc1ccc(C)cc1)[C@]2(C)C(=O)OC. The van der Waals surface area contributed by atoms with Crippen molar-refractivity contribution in [3.63, 3.8) is 0 Å². The predicted octanol–water partition coefficient (Wildman–Crippen LogP) is 6.11. The zero-order valence-corrected chi connectivity index (χ0v) is 24.1. The highest BCUT2D eigenvalue weighted by Crippen LogP contribution is 2.63. The van der Waals surface area contributed by atoms with Crippen LogP contribution < -0.4 is 4.90 Å². The summed E-state index contributed by atoms with van der Waals surface area (Å²) in [6.45, 7) is 12.3. The molecule has 2 aromatic rings.